The van der Waals surface area contributed by atoms with Gasteiger partial charge in [-0.1, -0.05) is 25.4 Å². The number of methoxy groups -OCH3 is 1. The van der Waals surface area contributed by atoms with Gasteiger partial charge in [0, 0.05) is 17.3 Å². The number of nitrogens with zero attached hydrogens (tertiary/aromatic N) is 2. The Morgan fingerprint density at radius 1 is 1.00 bits per heavy atom. The van der Waals surface area contributed by atoms with E-state index in [-0.39, 0.29) is 11.9 Å². The average molecular weight is 389 g/mol. The van der Waals surface area contributed by atoms with Crippen LogP contribution >= 0.6 is 11.6 Å². The van der Waals surface area contributed by atoms with Gasteiger partial charge in [-0.25, -0.2) is 0 Å². The molecule has 0 radical (unpaired) electrons. The summed E-state index contributed by atoms with van der Waals surface area (Å²) in [4.78, 5) is 17.0. The van der Waals surface area contributed by atoms with Crippen LogP contribution in [0.25, 0.3) is 0 Å². The maximum Gasteiger partial charge on any atom is 0.270 e. The van der Waals surface area contributed by atoms with Crippen molar-refractivity contribution in [3.05, 3.63) is 53.6 Å². The molecule has 144 valence electrons. The minimum absolute atomic E-state index is 0.0349. The van der Waals surface area contributed by atoms with Crippen LogP contribution in [0.1, 0.15) is 13.8 Å². The van der Waals surface area contributed by atoms with E-state index >= 15 is 0 Å². The highest BCUT2D eigenvalue weighted by Gasteiger charge is 2.50. The Morgan fingerprint density at radius 2 is 1.59 bits per heavy atom. The van der Waals surface area contributed by atoms with Crippen LogP contribution in [0.3, 0.4) is 0 Å². The summed E-state index contributed by atoms with van der Waals surface area (Å²) in [7, 11) is 1.63. The van der Waals surface area contributed by atoms with E-state index in [1.165, 1.54) is 0 Å². The Kier molecular flexibility index (Phi) is 6.24. The lowest BCUT2D eigenvalue weighted by atomic mass is 9.95. The number of hydrogen-bond acceptors (Lipinski definition) is 4. The first-order valence-electron chi connectivity index (χ1n) is 9.19. The number of carbonyl (C=O) groups excluding carboxylic acids is 1. The average Bonchev–Trinajstić information content (AvgIpc) is 2.70. The number of ether oxygens (including phenoxy) is 2. The molecule has 0 bridgehead atoms. The van der Waals surface area contributed by atoms with Crippen molar-refractivity contribution in [1.82, 2.24) is 4.90 Å². The monoisotopic (exact) mass is 388 g/mol. The van der Waals surface area contributed by atoms with Crippen LogP contribution in [0.15, 0.2) is 48.5 Å². The van der Waals surface area contributed by atoms with Crippen LogP contribution in [0.5, 0.6) is 11.5 Å². The summed E-state index contributed by atoms with van der Waals surface area (Å²) < 4.78 is 11.2. The van der Waals surface area contributed by atoms with Gasteiger partial charge in [-0.2, -0.15) is 0 Å². The highest BCUT2D eigenvalue weighted by Crippen LogP contribution is 2.33. The number of likely N-dealkylation sites (N-methyl/N-ethyl adjacent to an activating group) is 1. The first kappa shape index (κ1) is 19.5. The van der Waals surface area contributed by atoms with Gasteiger partial charge < -0.3 is 19.3 Å². The third-order valence-corrected chi connectivity index (χ3v) is 5.18. The molecule has 1 aliphatic heterocycles. The summed E-state index contributed by atoms with van der Waals surface area (Å²) >= 11 is 5.94. The Bertz CT molecular complexity index is 760. The second-order valence-electron chi connectivity index (χ2n) is 6.45. The highest BCUT2D eigenvalue weighted by atomic mass is 35.5. The molecule has 1 amide bonds. The van der Waals surface area contributed by atoms with E-state index in [4.69, 9.17) is 21.1 Å². The Labute approximate surface area is 165 Å². The molecule has 1 saturated heterocycles. The van der Waals surface area contributed by atoms with Crippen molar-refractivity contribution >= 4 is 23.2 Å². The smallest absolute Gasteiger partial charge is 0.270 e. The third-order valence-electron chi connectivity index (χ3n) is 4.93. The van der Waals surface area contributed by atoms with Gasteiger partial charge in [-0.3, -0.25) is 4.79 Å². The maximum atomic E-state index is 12.9. The molecule has 0 N–H and O–H groups in total. The van der Waals surface area contributed by atoms with Crippen LogP contribution in [0, 0.1) is 0 Å². The molecule has 0 spiro atoms. The zero-order valence-corrected chi connectivity index (χ0v) is 16.6. The van der Waals surface area contributed by atoms with Crippen molar-refractivity contribution in [2.75, 3.05) is 31.6 Å². The fourth-order valence-electron chi connectivity index (χ4n) is 3.29. The number of anilines is 1. The number of β-lactam (4-membered cyclic amide) rings is 1. The lowest BCUT2D eigenvalue weighted by molar-refractivity contribution is -0.135. The summed E-state index contributed by atoms with van der Waals surface area (Å²) in [6, 6.07) is 14.6. The van der Waals surface area contributed by atoms with E-state index < -0.39 is 6.10 Å². The molecule has 2 atom stereocenters. The van der Waals surface area contributed by atoms with Gasteiger partial charge in [0.2, 0.25) is 0 Å². The molecule has 2 aromatic carbocycles. The van der Waals surface area contributed by atoms with E-state index in [1.807, 2.05) is 29.2 Å². The molecule has 1 heterocycles. The predicted molar refractivity (Wildman–Crippen MR) is 108 cm³/mol. The first-order chi connectivity index (χ1) is 13.1. The van der Waals surface area contributed by atoms with Crippen LogP contribution in [0.2, 0.25) is 5.02 Å². The summed E-state index contributed by atoms with van der Waals surface area (Å²) in [6.07, 6.45) is -0.506. The normalized spacial score (nSPS) is 19.1. The van der Waals surface area contributed by atoms with Crippen molar-refractivity contribution in [3.8, 4) is 11.5 Å². The lowest BCUT2D eigenvalue weighted by Crippen LogP contribution is -2.70. The first-order valence-corrected chi connectivity index (χ1v) is 9.56. The van der Waals surface area contributed by atoms with Crippen molar-refractivity contribution < 1.29 is 14.3 Å². The molecule has 1 fully saturated rings. The van der Waals surface area contributed by atoms with Crippen LogP contribution in [0.4, 0.5) is 5.69 Å². The van der Waals surface area contributed by atoms with Gasteiger partial charge in [0.1, 0.15) is 11.5 Å². The fraction of sp³-hybridized carbons (Fsp3) is 0.381. The summed E-state index contributed by atoms with van der Waals surface area (Å²) in [6.45, 7) is 6.84. The number of carbonyl (C=O) groups is 1. The van der Waals surface area contributed by atoms with E-state index in [1.54, 1.807) is 31.4 Å². The number of amides is 1. The largest absolute Gasteiger partial charge is 0.497 e. The molecule has 0 unspecified atom stereocenters. The van der Waals surface area contributed by atoms with Crippen LogP contribution in [-0.2, 0) is 4.79 Å². The summed E-state index contributed by atoms with van der Waals surface area (Å²) in [5.41, 5.74) is 0.855. The quantitative estimate of drug-likeness (QED) is 0.644. The van der Waals surface area contributed by atoms with Gasteiger partial charge in [0.25, 0.3) is 5.91 Å². The SMILES string of the molecule is CCN(CC)C[C@@H]1[C@H](Oc2ccc(Cl)cc2)C(=O)N1c1ccc(OC)cc1. The number of hydrogen-bond donors (Lipinski definition) is 0. The predicted octanol–water partition coefficient (Wildman–Crippen LogP) is 3.85. The van der Waals surface area contributed by atoms with E-state index in [0.29, 0.717) is 10.8 Å². The molecule has 2 aromatic rings. The molecule has 0 saturated carbocycles. The molecule has 5 nitrogen and oxygen atoms in total. The zero-order valence-electron chi connectivity index (χ0n) is 15.9. The number of rotatable bonds is 8. The van der Waals surface area contributed by atoms with E-state index in [9.17, 15) is 4.79 Å². The lowest BCUT2D eigenvalue weighted by Gasteiger charge is -2.48. The van der Waals surface area contributed by atoms with Crippen molar-refractivity contribution in [3.63, 3.8) is 0 Å². The van der Waals surface area contributed by atoms with Crippen molar-refractivity contribution in [2.24, 2.45) is 0 Å². The van der Waals surface area contributed by atoms with Gasteiger partial charge in [0.15, 0.2) is 6.10 Å². The van der Waals surface area contributed by atoms with E-state index in [2.05, 4.69) is 18.7 Å². The second kappa shape index (κ2) is 8.63. The topological polar surface area (TPSA) is 42.0 Å². The standard InChI is InChI=1S/C21H25ClN2O3/c1-4-23(5-2)14-19-20(27-18-10-6-15(22)7-11-18)21(25)24(19)16-8-12-17(26-3)13-9-16/h6-13,19-20H,4-5,14H2,1-3H3/t19-,20+/m1/s1. The Hall–Kier alpha value is -2.24. The van der Waals surface area contributed by atoms with Crippen LogP contribution in [-0.4, -0.2) is 49.7 Å². The number of benzene rings is 2. The minimum atomic E-state index is -0.506. The third kappa shape index (κ3) is 4.20. The zero-order chi connectivity index (χ0) is 19.4. The minimum Gasteiger partial charge on any atom is -0.497 e. The Morgan fingerprint density at radius 3 is 2.15 bits per heavy atom. The molecule has 6 heteroatoms. The molecule has 3 rings (SSSR count). The van der Waals surface area contributed by atoms with Gasteiger partial charge in [-0.05, 0) is 61.6 Å². The van der Waals surface area contributed by atoms with Gasteiger partial charge in [0.05, 0.1) is 13.2 Å². The molecule has 1 aliphatic rings. The van der Waals surface area contributed by atoms with Crippen molar-refractivity contribution in [1.29, 1.82) is 0 Å². The number of halogens is 1. The molecular formula is C21H25ClN2O3. The summed E-state index contributed by atoms with van der Waals surface area (Å²) in [5.74, 6) is 1.38. The van der Waals surface area contributed by atoms with Gasteiger partial charge in [-0.15, -0.1) is 0 Å². The fourth-order valence-corrected chi connectivity index (χ4v) is 3.42. The maximum absolute atomic E-state index is 12.9. The van der Waals surface area contributed by atoms with Crippen LogP contribution < -0.4 is 14.4 Å². The molecular weight excluding hydrogens is 364 g/mol. The van der Waals surface area contributed by atoms with Crippen molar-refractivity contribution in [2.45, 2.75) is 26.0 Å². The van der Waals surface area contributed by atoms with E-state index in [0.717, 1.165) is 31.1 Å². The summed E-state index contributed by atoms with van der Waals surface area (Å²) in [5, 5.41) is 0.641. The second-order valence-corrected chi connectivity index (χ2v) is 6.89. The highest BCUT2D eigenvalue weighted by molar-refractivity contribution is 6.30. The Balaban J connectivity index is 1.81. The van der Waals surface area contributed by atoms with Gasteiger partial charge >= 0.3 is 0 Å². The molecule has 0 aliphatic carbocycles. The molecule has 0 aromatic heterocycles. The molecule has 27 heavy (non-hydrogen) atoms.